The molecule has 0 atom stereocenters. The summed E-state index contributed by atoms with van der Waals surface area (Å²) in [7, 11) is -3.76. The van der Waals surface area contributed by atoms with Gasteiger partial charge < -0.3 is 5.32 Å². The first-order chi connectivity index (χ1) is 8.88. The van der Waals surface area contributed by atoms with Gasteiger partial charge in [-0.15, -0.1) is 0 Å². The molecule has 0 saturated heterocycles. The molecule has 0 aliphatic carbocycles. The zero-order valence-corrected chi connectivity index (χ0v) is 13.5. The van der Waals surface area contributed by atoms with Gasteiger partial charge in [-0.05, 0) is 41.0 Å². The Labute approximate surface area is 125 Å². The van der Waals surface area contributed by atoms with Crippen molar-refractivity contribution in [2.24, 2.45) is 0 Å². The van der Waals surface area contributed by atoms with Crippen molar-refractivity contribution >= 4 is 37.6 Å². The number of hydrogen-bond acceptors (Lipinski definition) is 3. The van der Waals surface area contributed by atoms with Crippen LogP contribution in [-0.4, -0.2) is 28.1 Å². The lowest BCUT2D eigenvalue weighted by Crippen LogP contribution is -2.32. The Bertz CT molecular complexity index is 516. The number of rotatable bonds is 7. The largest absolute Gasteiger partial charge is 0.315 e. The van der Waals surface area contributed by atoms with Crippen LogP contribution >= 0.6 is 27.5 Å². The smallest absolute Gasteiger partial charge is 0.243 e. The van der Waals surface area contributed by atoms with Gasteiger partial charge in [0.1, 0.15) is 10.7 Å². The molecule has 8 heteroatoms. The molecular formula is C11H15BrClFN2O2S. The predicted octanol–water partition coefficient (Wildman–Crippen LogP) is 2.52. The van der Waals surface area contributed by atoms with E-state index in [2.05, 4.69) is 26.0 Å². The van der Waals surface area contributed by atoms with Gasteiger partial charge in [0.2, 0.25) is 10.0 Å². The topological polar surface area (TPSA) is 58.2 Å². The standard InChI is InChI=1S/C11H15BrClFN2O2S/c1-2-3-15-4-5-16-19(17,18)11-9(12)6-8(14)7-10(11)13/h6-7,15-16H,2-5H2,1H3. The van der Waals surface area contributed by atoms with Crippen LogP contribution in [0.5, 0.6) is 0 Å². The van der Waals surface area contributed by atoms with Gasteiger partial charge in [-0.25, -0.2) is 17.5 Å². The number of halogens is 3. The maximum absolute atomic E-state index is 13.0. The average molecular weight is 374 g/mol. The first-order valence-electron chi connectivity index (χ1n) is 5.73. The SMILES string of the molecule is CCCNCCNS(=O)(=O)c1c(Cl)cc(F)cc1Br. The van der Waals surface area contributed by atoms with Gasteiger partial charge in [-0.1, -0.05) is 18.5 Å². The van der Waals surface area contributed by atoms with E-state index >= 15 is 0 Å². The number of nitrogens with one attached hydrogen (secondary N) is 2. The fourth-order valence-electron chi connectivity index (χ4n) is 1.43. The summed E-state index contributed by atoms with van der Waals surface area (Å²) < 4.78 is 39.6. The van der Waals surface area contributed by atoms with Gasteiger partial charge in [-0.2, -0.15) is 0 Å². The second kappa shape index (κ2) is 7.54. The third-order valence-corrected chi connectivity index (χ3v) is 5.11. The Hall–Kier alpha value is -0.210. The van der Waals surface area contributed by atoms with Gasteiger partial charge in [0, 0.05) is 17.6 Å². The zero-order chi connectivity index (χ0) is 14.5. The lowest BCUT2D eigenvalue weighted by molar-refractivity contribution is 0.574. The van der Waals surface area contributed by atoms with Gasteiger partial charge in [0.15, 0.2) is 0 Å². The maximum atomic E-state index is 13.0. The molecule has 4 nitrogen and oxygen atoms in total. The van der Waals surface area contributed by atoms with Crippen molar-refractivity contribution < 1.29 is 12.8 Å². The summed E-state index contributed by atoms with van der Waals surface area (Å²) in [6.07, 6.45) is 0.974. The second-order valence-corrected chi connectivity index (χ2v) is 6.81. The van der Waals surface area contributed by atoms with Crippen LogP contribution < -0.4 is 10.0 Å². The second-order valence-electron chi connectivity index (χ2n) is 3.85. The normalized spacial score (nSPS) is 11.8. The third kappa shape index (κ3) is 5.00. The first-order valence-corrected chi connectivity index (χ1v) is 8.39. The highest BCUT2D eigenvalue weighted by Crippen LogP contribution is 2.30. The van der Waals surface area contributed by atoms with Crippen LogP contribution in [-0.2, 0) is 10.0 Å². The van der Waals surface area contributed by atoms with Crippen molar-refractivity contribution in [3.63, 3.8) is 0 Å². The Morgan fingerprint density at radius 2 is 2.00 bits per heavy atom. The van der Waals surface area contributed by atoms with Crippen molar-refractivity contribution in [2.45, 2.75) is 18.2 Å². The minimum atomic E-state index is -3.76. The lowest BCUT2D eigenvalue weighted by Gasteiger charge is -2.10. The van der Waals surface area contributed by atoms with Crippen LogP contribution in [0.15, 0.2) is 21.5 Å². The summed E-state index contributed by atoms with van der Waals surface area (Å²) in [6, 6.07) is 2.03. The molecule has 0 aliphatic rings. The summed E-state index contributed by atoms with van der Waals surface area (Å²) in [5.74, 6) is -0.597. The Morgan fingerprint density at radius 1 is 1.32 bits per heavy atom. The Kier molecular flexibility index (Phi) is 6.68. The van der Waals surface area contributed by atoms with Crippen molar-refractivity contribution in [1.29, 1.82) is 0 Å². The molecule has 108 valence electrons. The highest BCUT2D eigenvalue weighted by atomic mass is 79.9. The van der Waals surface area contributed by atoms with Crippen LogP contribution in [0.2, 0.25) is 5.02 Å². The van der Waals surface area contributed by atoms with Gasteiger partial charge in [0.25, 0.3) is 0 Å². The van der Waals surface area contributed by atoms with Crippen LogP contribution in [0.3, 0.4) is 0 Å². The van der Waals surface area contributed by atoms with E-state index in [-0.39, 0.29) is 20.9 Å². The highest BCUT2D eigenvalue weighted by molar-refractivity contribution is 9.10. The third-order valence-electron chi connectivity index (χ3n) is 2.25. The van der Waals surface area contributed by atoms with Gasteiger partial charge in [0.05, 0.1) is 5.02 Å². The molecule has 0 saturated carbocycles. The van der Waals surface area contributed by atoms with E-state index in [9.17, 15) is 12.8 Å². The minimum Gasteiger partial charge on any atom is -0.315 e. The quantitative estimate of drug-likeness (QED) is 0.722. The maximum Gasteiger partial charge on any atom is 0.243 e. The van der Waals surface area contributed by atoms with E-state index in [1.165, 1.54) is 0 Å². The lowest BCUT2D eigenvalue weighted by atomic mass is 10.3. The monoisotopic (exact) mass is 372 g/mol. The molecule has 0 radical (unpaired) electrons. The molecule has 0 heterocycles. The van der Waals surface area contributed by atoms with Crippen molar-refractivity contribution in [3.8, 4) is 0 Å². The molecule has 1 aromatic carbocycles. The number of hydrogen-bond donors (Lipinski definition) is 2. The molecule has 1 rings (SSSR count). The van der Waals surface area contributed by atoms with Crippen LogP contribution in [0.1, 0.15) is 13.3 Å². The molecule has 0 bridgehead atoms. The van der Waals surface area contributed by atoms with E-state index in [0.29, 0.717) is 6.54 Å². The van der Waals surface area contributed by atoms with Crippen LogP contribution in [0.25, 0.3) is 0 Å². The van der Waals surface area contributed by atoms with Crippen LogP contribution in [0, 0.1) is 5.82 Å². The fraction of sp³-hybridized carbons (Fsp3) is 0.455. The van der Waals surface area contributed by atoms with Crippen molar-refractivity contribution in [3.05, 3.63) is 27.4 Å². The van der Waals surface area contributed by atoms with Crippen LogP contribution in [0.4, 0.5) is 4.39 Å². The van der Waals surface area contributed by atoms with E-state index in [4.69, 9.17) is 11.6 Å². The van der Waals surface area contributed by atoms with Gasteiger partial charge >= 0.3 is 0 Å². The zero-order valence-electron chi connectivity index (χ0n) is 10.3. The molecule has 0 aromatic heterocycles. The highest BCUT2D eigenvalue weighted by Gasteiger charge is 2.21. The van der Waals surface area contributed by atoms with Crippen molar-refractivity contribution in [2.75, 3.05) is 19.6 Å². The Balaban J connectivity index is 2.78. The summed E-state index contributed by atoms with van der Waals surface area (Å²) in [5, 5.41) is 2.91. The number of sulfonamides is 1. The van der Waals surface area contributed by atoms with E-state index in [1.807, 2.05) is 6.92 Å². The number of benzene rings is 1. The molecule has 0 unspecified atom stereocenters. The molecule has 2 N–H and O–H groups in total. The van der Waals surface area contributed by atoms with Gasteiger partial charge in [-0.3, -0.25) is 0 Å². The molecule has 1 aromatic rings. The average Bonchev–Trinajstić information content (AvgIpc) is 2.26. The van der Waals surface area contributed by atoms with E-state index in [1.54, 1.807) is 0 Å². The summed E-state index contributed by atoms with van der Waals surface area (Å²) in [5.41, 5.74) is 0. The fourth-order valence-corrected chi connectivity index (χ4v) is 4.28. The molecule has 19 heavy (non-hydrogen) atoms. The first kappa shape index (κ1) is 16.8. The minimum absolute atomic E-state index is 0.103. The summed E-state index contributed by atoms with van der Waals surface area (Å²) in [6.45, 7) is 3.60. The molecule has 0 amide bonds. The molecule has 0 aliphatic heterocycles. The Morgan fingerprint density at radius 3 is 2.58 bits per heavy atom. The molecular weight excluding hydrogens is 359 g/mol. The molecule has 0 spiro atoms. The summed E-state index contributed by atoms with van der Waals surface area (Å²) in [4.78, 5) is -0.147. The summed E-state index contributed by atoms with van der Waals surface area (Å²) >= 11 is 8.79. The predicted molar refractivity (Wildman–Crippen MR) is 77.5 cm³/mol. The van der Waals surface area contributed by atoms with E-state index < -0.39 is 15.8 Å². The molecule has 0 fully saturated rings. The van der Waals surface area contributed by atoms with E-state index in [0.717, 1.165) is 25.1 Å². The van der Waals surface area contributed by atoms with Crippen molar-refractivity contribution in [1.82, 2.24) is 10.0 Å².